The summed E-state index contributed by atoms with van der Waals surface area (Å²) in [5.41, 5.74) is 0.588. The van der Waals surface area contributed by atoms with Gasteiger partial charge in [0.15, 0.2) is 0 Å². The minimum atomic E-state index is -0.736. The number of hydrogen-bond acceptors (Lipinski definition) is 5. The number of carbonyl (C=O) groups is 2. The lowest BCUT2D eigenvalue weighted by atomic mass is 9.88. The molecule has 0 unspecified atom stereocenters. The van der Waals surface area contributed by atoms with Gasteiger partial charge < -0.3 is 19.7 Å². The molecule has 1 N–H and O–H groups in total. The fourth-order valence-corrected chi connectivity index (χ4v) is 4.38. The number of nitrogens with zero attached hydrogens (tertiary/aromatic N) is 2. The Hall–Kier alpha value is -3.42. The summed E-state index contributed by atoms with van der Waals surface area (Å²) in [6.07, 6.45) is 4.32. The molecule has 1 spiro atoms. The van der Waals surface area contributed by atoms with Crippen molar-refractivity contribution in [1.29, 1.82) is 0 Å². The average Bonchev–Trinajstić information content (AvgIpc) is 3.06. The van der Waals surface area contributed by atoms with Gasteiger partial charge in [-0.2, -0.15) is 0 Å². The van der Waals surface area contributed by atoms with Crippen molar-refractivity contribution in [1.82, 2.24) is 4.90 Å². The standard InChI is InChI=1S/C24H26FN3O4/c1-31-18-10-11-19(20(14-18)32-2)26-21(29)15-28-23(30)22(16-6-8-17(25)9-7-16)27-24(28)12-4-3-5-13-24/h6-11,14H,3-5,12-13,15H2,1-2H3,(H,26,29). The maximum Gasteiger partial charge on any atom is 0.275 e. The lowest BCUT2D eigenvalue weighted by Gasteiger charge is -2.38. The number of halogens is 1. The third-order valence-corrected chi connectivity index (χ3v) is 6.03. The van der Waals surface area contributed by atoms with Crippen molar-refractivity contribution < 1.29 is 23.5 Å². The molecule has 2 aromatic rings. The van der Waals surface area contributed by atoms with Crippen LogP contribution in [0.2, 0.25) is 0 Å². The van der Waals surface area contributed by atoms with E-state index in [1.807, 2.05) is 0 Å². The van der Waals surface area contributed by atoms with Gasteiger partial charge >= 0.3 is 0 Å². The van der Waals surface area contributed by atoms with E-state index >= 15 is 0 Å². The van der Waals surface area contributed by atoms with Crippen LogP contribution in [0.25, 0.3) is 0 Å². The van der Waals surface area contributed by atoms with Crippen LogP contribution >= 0.6 is 0 Å². The second kappa shape index (κ2) is 8.98. The Balaban J connectivity index is 1.57. The molecule has 1 aliphatic heterocycles. The van der Waals surface area contributed by atoms with E-state index in [2.05, 4.69) is 5.32 Å². The van der Waals surface area contributed by atoms with Gasteiger partial charge in [-0.25, -0.2) is 4.39 Å². The molecule has 0 radical (unpaired) electrons. The number of hydrogen-bond donors (Lipinski definition) is 1. The molecule has 1 heterocycles. The number of carbonyl (C=O) groups excluding carboxylic acids is 2. The third-order valence-electron chi connectivity index (χ3n) is 6.03. The summed E-state index contributed by atoms with van der Waals surface area (Å²) in [7, 11) is 3.06. The molecule has 168 valence electrons. The zero-order valence-electron chi connectivity index (χ0n) is 18.2. The van der Waals surface area contributed by atoms with E-state index in [-0.39, 0.29) is 29.9 Å². The first-order chi connectivity index (χ1) is 15.5. The fourth-order valence-electron chi connectivity index (χ4n) is 4.38. The van der Waals surface area contributed by atoms with Gasteiger partial charge in [0, 0.05) is 11.6 Å². The maximum absolute atomic E-state index is 13.4. The van der Waals surface area contributed by atoms with Gasteiger partial charge in [-0.05, 0) is 62.1 Å². The minimum Gasteiger partial charge on any atom is -0.497 e. The van der Waals surface area contributed by atoms with Crippen LogP contribution in [-0.4, -0.2) is 48.9 Å². The summed E-state index contributed by atoms with van der Waals surface area (Å²) in [4.78, 5) is 32.7. The lowest BCUT2D eigenvalue weighted by Crippen LogP contribution is -2.51. The Morgan fingerprint density at radius 2 is 1.81 bits per heavy atom. The first kappa shape index (κ1) is 21.8. The van der Waals surface area contributed by atoms with E-state index in [9.17, 15) is 14.0 Å². The number of amides is 2. The van der Waals surface area contributed by atoms with Crippen molar-refractivity contribution in [2.75, 3.05) is 26.1 Å². The zero-order valence-corrected chi connectivity index (χ0v) is 18.2. The molecule has 32 heavy (non-hydrogen) atoms. The van der Waals surface area contributed by atoms with Crippen LogP contribution in [-0.2, 0) is 9.59 Å². The van der Waals surface area contributed by atoms with E-state index in [4.69, 9.17) is 14.5 Å². The molecule has 0 atom stereocenters. The van der Waals surface area contributed by atoms with E-state index < -0.39 is 5.66 Å². The molecule has 0 aromatic heterocycles. The van der Waals surface area contributed by atoms with E-state index in [1.54, 1.807) is 42.3 Å². The van der Waals surface area contributed by atoms with Gasteiger partial charge in [0.1, 0.15) is 35.2 Å². The van der Waals surface area contributed by atoms with Gasteiger partial charge in [-0.15, -0.1) is 0 Å². The van der Waals surface area contributed by atoms with E-state index in [1.165, 1.54) is 19.2 Å². The van der Waals surface area contributed by atoms with Crippen LogP contribution in [0.15, 0.2) is 47.5 Å². The monoisotopic (exact) mass is 439 g/mol. The summed E-state index contributed by atoms with van der Waals surface area (Å²) in [5, 5.41) is 2.83. The number of ether oxygens (including phenoxy) is 2. The van der Waals surface area contributed by atoms with Crippen molar-refractivity contribution in [2.45, 2.75) is 37.8 Å². The molecular formula is C24H26FN3O4. The molecule has 0 bridgehead atoms. The highest BCUT2D eigenvalue weighted by Gasteiger charge is 2.48. The molecule has 2 amide bonds. The smallest absolute Gasteiger partial charge is 0.275 e. The van der Waals surface area contributed by atoms with Crippen LogP contribution < -0.4 is 14.8 Å². The largest absolute Gasteiger partial charge is 0.497 e. The second-order valence-electron chi connectivity index (χ2n) is 8.02. The normalized spacial score (nSPS) is 17.3. The van der Waals surface area contributed by atoms with Gasteiger partial charge in [0.25, 0.3) is 5.91 Å². The highest BCUT2D eigenvalue weighted by molar-refractivity contribution is 6.47. The lowest BCUT2D eigenvalue weighted by molar-refractivity contribution is -0.134. The Labute approximate surface area is 186 Å². The molecule has 8 heteroatoms. The van der Waals surface area contributed by atoms with Crippen LogP contribution in [0.1, 0.15) is 37.7 Å². The van der Waals surface area contributed by atoms with Gasteiger partial charge in [0.05, 0.1) is 19.9 Å². The van der Waals surface area contributed by atoms with Crippen molar-refractivity contribution in [3.63, 3.8) is 0 Å². The number of benzene rings is 2. The Kier molecular flexibility index (Phi) is 6.12. The minimum absolute atomic E-state index is 0.137. The SMILES string of the molecule is COc1ccc(NC(=O)CN2C(=O)C(c3ccc(F)cc3)=NC23CCCCC3)c(OC)c1. The number of nitrogens with one attached hydrogen (secondary N) is 1. The quantitative estimate of drug-likeness (QED) is 0.743. The first-order valence-corrected chi connectivity index (χ1v) is 10.7. The van der Waals surface area contributed by atoms with Gasteiger partial charge in [0.2, 0.25) is 5.91 Å². The average molecular weight is 439 g/mol. The molecule has 1 saturated carbocycles. The van der Waals surface area contributed by atoms with Crippen molar-refractivity contribution in [3.05, 3.63) is 53.8 Å². The van der Waals surface area contributed by atoms with E-state index in [0.29, 0.717) is 35.6 Å². The zero-order chi connectivity index (χ0) is 22.7. The Morgan fingerprint density at radius 3 is 2.47 bits per heavy atom. The maximum atomic E-state index is 13.4. The predicted molar refractivity (Wildman–Crippen MR) is 119 cm³/mol. The molecule has 4 rings (SSSR count). The Bertz CT molecular complexity index is 1050. The Morgan fingerprint density at radius 1 is 1.09 bits per heavy atom. The topological polar surface area (TPSA) is 80.2 Å². The van der Waals surface area contributed by atoms with Crippen LogP contribution in [0.4, 0.5) is 10.1 Å². The molecule has 2 aromatic carbocycles. The molecular weight excluding hydrogens is 413 g/mol. The van der Waals surface area contributed by atoms with Gasteiger partial charge in [-0.3, -0.25) is 14.6 Å². The fraction of sp³-hybridized carbons (Fsp3) is 0.375. The van der Waals surface area contributed by atoms with Crippen LogP contribution in [0.3, 0.4) is 0 Å². The van der Waals surface area contributed by atoms with Crippen molar-refractivity contribution in [3.8, 4) is 11.5 Å². The molecule has 2 aliphatic rings. The number of methoxy groups -OCH3 is 2. The van der Waals surface area contributed by atoms with Crippen molar-refractivity contribution in [2.24, 2.45) is 4.99 Å². The van der Waals surface area contributed by atoms with Crippen LogP contribution in [0, 0.1) is 5.82 Å². The summed E-state index contributed by atoms with van der Waals surface area (Å²) >= 11 is 0. The number of aliphatic imine (C=N–C) groups is 1. The molecule has 1 fully saturated rings. The number of rotatable bonds is 6. The highest BCUT2D eigenvalue weighted by Crippen LogP contribution is 2.39. The summed E-state index contributed by atoms with van der Waals surface area (Å²) in [5.74, 6) is 0.0312. The summed E-state index contributed by atoms with van der Waals surface area (Å²) < 4.78 is 23.9. The summed E-state index contributed by atoms with van der Waals surface area (Å²) in [6.45, 7) is -0.137. The van der Waals surface area contributed by atoms with E-state index in [0.717, 1.165) is 19.3 Å². The predicted octanol–water partition coefficient (Wildman–Crippen LogP) is 3.77. The first-order valence-electron chi connectivity index (χ1n) is 10.7. The third kappa shape index (κ3) is 4.17. The van der Waals surface area contributed by atoms with Crippen molar-refractivity contribution >= 4 is 23.2 Å². The summed E-state index contributed by atoms with van der Waals surface area (Å²) in [6, 6.07) is 10.8. The second-order valence-corrected chi connectivity index (χ2v) is 8.02. The number of anilines is 1. The molecule has 7 nitrogen and oxygen atoms in total. The highest BCUT2D eigenvalue weighted by atomic mass is 19.1. The van der Waals surface area contributed by atoms with Gasteiger partial charge in [-0.1, -0.05) is 6.42 Å². The van der Waals surface area contributed by atoms with Crippen LogP contribution in [0.5, 0.6) is 11.5 Å². The molecule has 0 saturated heterocycles. The molecule has 1 aliphatic carbocycles.